The topological polar surface area (TPSA) is 30.9 Å². The highest BCUT2D eigenvalue weighted by atomic mass is 19.1. The van der Waals surface area contributed by atoms with Crippen molar-refractivity contribution in [3.05, 3.63) is 35.6 Å². The summed E-state index contributed by atoms with van der Waals surface area (Å²) in [4.78, 5) is 2.45. The fraction of sp³-hybridized carbons (Fsp3) is 0.778. The Morgan fingerprint density at radius 1 is 0.812 bits per heavy atom. The molecule has 0 aromatic heterocycles. The maximum atomic E-state index is 12.2. The third-order valence-corrected chi connectivity index (χ3v) is 5.92. The van der Waals surface area contributed by atoms with Crippen LogP contribution in [0.5, 0.6) is 0 Å². The average Bonchev–Trinajstić information content (AvgIpc) is 3.56. The van der Waals surface area contributed by atoms with Gasteiger partial charge >= 0.3 is 0 Å². The van der Waals surface area contributed by atoms with E-state index in [4.69, 9.17) is 14.2 Å². The van der Waals surface area contributed by atoms with Crippen LogP contribution in [-0.2, 0) is 20.6 Å². The van der Waals surface area contributed by atoms with Crippen molar-refractivity contribution in [2.75, 3.05) is 46.1 Å². The lowest BCUT2D eigenvalue weighted by Gasteiger charge is -2.25. The van der Waals surface area contributed by atoms with Crippen LogP contribution in [0.3, 0.4) is 0 Å². The Kier molecular flexibility index (Phi) is 17.6. The zero-order chi connectivity index (χ0) is 23.4. The van der Waals surface area contributed by atoms with Crippen LogP contribution in [0.4, 0.5) is 4.39 Å². The summed E-state index contributed by atoms with van der Waals surface area (Å²) >= 11 is 0. The third kappa shape index (κ3) is 14.2. The van der Waals surface area contributed by atoms with E-state index in [0.29, 0.717) is 12.2 Å². The molecule has 4 nitrogen and oxygen atoms in total. The minimum absolute atomic E-state index is 0.160. The number of halogens is 1. The number of aryl methyl sites for hydroxylation is 1. The number of hydrogen-bond donors (Lipinski definition) is 0. The molecule has 0 saturated carbocycles. The molecular formula is C27H48FNO3. The van der Waals surface area contributed by atoms with Crippen molar-refractivity contribution >= 4 is 0 Å². The summed E-state index contributed by atoms with van der Waals surface area (Å²) < 4.78 is 28.0. The van der Waals surface area contributed by atoms with Crippen molar-refractivity contribution in [1.82, 2.24) is 4.90 Å². The maximum Gasteiger partial charge on any atom is 0.123 e. The van der Waals surface area contributed by atoms with Crippen molar-refractivity contribution in [2.45, 2.75) is 91.3 Å². The third-order valence-electron chi connectivity index (χ3n) is 5.92. The minimum Gasteiger partial charge on any atom is -0.379 e. The van der Waals surface area contributed by atoms with Gasteiger partial charge in [-0.1, -0.05) is 39.8 Å². The van der Waals surface area contributed by atoms with Crippen LogP contribution in [0.15, 0.2) is 24.3 Å². The van der Waals surface area contributed by atoms with Crippen LogP contribution >= 0.6 is 0 Å². The van der Waals surface area contributed by atoms with Crippen molar-refractivity contribution in [3.63, 3.8) is 0 Å². The summed E-state index contributed by atoms with van der Waals surface area (Å²) in [6.45, 7) is 16.0. The molecule has 3 saturated heterocycles. The van der Waals surface area contributed by atoms with E-state index in [2.05, 4.69) is 25.7 Å². The van der Waals surface area contributed by atoms with Crippen molar-refractivity contribution in [2.24, 2.45) is 0 Å². The van der Waals surface area contributed by atoms with E-state index in [-0.39, 0.29) is 5.82 Å². The quantitative estimate of drug-likeness (QED) is 0.526. The molecular weight excluding hydrogens is 405 g/mol. The molecule has 0 amide bonds. The first-order valence-corrected chi connectivity index (χ1v) is 12.9. The molecule has 2 atom stereocenters. The number of ether oxygens (including phenoxy) is 3. The Hall–Kier alpha value is -1.01. The first kappa shape index (κ1) is 29.0. The van der Waals surface area contributed by atoms with Gasteiger partial charge in [0, 0.05) is 26.3 Å². The summed E-state index contributed by atoms with van der Waals surface area (Å²) in [7, 11) is 0. The molecule has 0 unspecified atom stereocenters. The second kappa shape index (κ2) is 19.5. The van der Waals surface area contributed by atoms with Crippen LogP contribution in [0, 0.1) is 5.82 Å². The van der Waals surface area contributed by atoms with Crippen LogP contribution in [0.2, 0.25) is 0 Å². The van der Waals surface area contributed by atoms with Gasteiger partial charge in [0.2, 0.25) is 0 Å². The predicted octanol–water partition coefficient (Wildman–Crippen LogP) is 6.27. The molecule has 4 rings (SSSR count). The Morgan fingerprint density at radius 2 is 1.34 bits per heavy atom. The molecule has 186 valence electrons. The molecule has 0 N–H and O–H groups in total. The van der Waals surface area contributed by atoms with Crippen LogP contribution in [0.25, 0.3) is 0 Å². The van der Waals surface area contributed by atoms with Gasteiger partial charge in [-0.15, -0.1) is 0 Å². The summed E-state index contributed by atoms with van der Waals surface area (Å²) in [6, 6.07) is 6.57. The summed E-state index contributed by atoms with van der Waals surface area (Å²) in [6.07, 6.45) is 10.9. The Morgan fingerprint density at radius 3 is 1.69 bits per heavy atom. The van der Waals surface area contributed by atoms with Gasteiger partial charge in [-0.05, 0) is 75.6 Å². The Balaban J connectivity index is 0.000000215. The number of nitrogens with zero attached hydrogens (tertiary/aromatic N) is 1. The zero-order valence-corrected chi connectivity index (χ0v) is 21.1. The number of morpholine rings is 1. The van der Waals surface area contributed by atoms with Crippen molar-refractivity contribution in [3.8, 4) is 0 Å². The molecule has 0 aliphatic carbocycles. The smallest absolute Gasteiger partial charge is 0.123 e. The van der Waals surface area contributed by atoms with E-state index < -0.39 is 0 Å². The molecule has 32 heavy (non-hydrogen) atoms. The van der Waals surface area contributed by atoms with Gasteiger partial charge < -0.3 is 14.2 Å². The van der Waals surface area contributed by atoms with Crippen LogP contribution in [0.1, 0.15) is 78.2 Å². The van der Waals surface area contributed by atoms with Gasteiger partial charge in [-0.3, -0.25) is 4.90 Å². The maximum absolute atomic E-state index is 12.2. The first-order chi connectivity index (χ1) is 15.6. The molecule has 1 aromatic carbocycles. The normalized spacial score (nSPS) is 22.7. The Labute approximate surface area is 196 Å². The van der Waals surface area contributed by atoms with Crippen molar-refractivity contribution < 1.29 is 18.6 Å². The standard InChI is InChI=1S/C8H9F.C7H15NO.2C6H12O/c1-2-7-3-5-8(9)6-4-7;1-2-3-8-4-6-9-7-5-8;2*1-2-6-4-3-5-7-6/h3-6H,2H2,1H3;2-7H2,1H3;2*6H,2-5H2,1H3/t;;2*6-/m..10/s1. The SMILES string of the molecule is CCCN1CCOCC1.CC[C@@H]1CCCO1.CC[C@H]1CCCO1.CCc1ccc(F)cc1. The summed E-state index contributed by atoms with van der Waals surface area (Å²) in [5, 5.41) is 0. The van der Waals surface area contributed by atoms with E-state index in [1.54, 1.807) is 12.1 Å². The average molecular weight is 454 g/mol. The zero-order valence-electron chi connectivity index (χ0n) is 21.1. The van der Waals surface area contributed by atoms with Crippen molar-refractivity contribution in [1.29, 1.82) is 0 Å². The molecule has 0 bridgehead atoms. The molecule has 0 spiro atoms. The van der Waals surface area contributed by atoms with Gasteiger partial charge in [-0.25, -0.2) is 4.39 Å². The molecule has 0 radical (unpaired) electrons. The highest BCUT2D eigenvalue weighted by Crippen LogP contribution is 2.14. The van der Waals surface area contributed by atoms with Crippen LogP contribution < -0.4 is 0 Å². The van der Waals surface area contributed by atoms with Crippen LogP contribution in [-0.4, -0.2) is 63.2 Å². The van der Waals surface area contributed by atoms with Gasteiger partial charge in [0.25, 0.3) is 0 Å². The Bertz CT molecular complexity index is 503. The largest absolute Gasteiger partial charge is 0.379 e. The molecule has 5 heteroatoms. The predicted molar refractivity (Wildman–Crippen MR) is 132 cm³/mol. The fourth-order valence-electron chi connectivity index (χ4n) is 3.79. The van der Waals surface area contributed by atoms with E-state index in [0.717, 1.165) is 45.9 Å². The van der Waals surface area contributed by atoms with E-state index >= 15 is 0 Å². The minimum atomic E-state index is -0.160. The lowest BCUT2D eigenvalue weighted by Crippen LogP contribution is -2.36. The number of benzene rings is 1. The summed E-state index contributed by atoms with van der Waals surface area (Å²) in [5.41, 5.74) is 1.18. The lowest BCUT2D eigenvalue weighted by molar-refractivity contribution is 0.0380. The van der Waals surface area contributed by atoms with Gasteiger partial charge in [-0.2, -0.15) is 0 Å². The summed E-state index contributed by atoms with van der Waals surface area (Å²) in [5.74, 6) is -0.160. The molecule has 3 heterocycles. The molecule has 3 aliphatic heterocycles. The van der Waals surface area contributed by atoms with E-state index in [1.807, 2.05) is 6.92 Å². The molecule has 1 aromatic rings. The second-order valence-corrected chi connectivity index (χ2v) is 8.52. The highest BCUT2D eigenvalue weighted by Gasteiger charge is 2.12. The van der Waals surface area contributed by atoms with Gasteiger partial charge in [0.05, 0.1) is 25.4 Å². The monoisotopic (exact) mass is 453 g/mol. The second-order valence-electron chi connectivity index (χ2n) is 8.52. The number of hydrogen-bond acceptors (Lipinski definition) is 4. The number of rotatable bonds is 5. The van der Waals surface area contributed by atoms with Gasteiger partial charge in [0.15, 0.2) is 0 Å². The molecule has 3 aliphatic rings. The van der Waals surface area contributed by atoms with E-state index in [1.165, 1.54) is 69.2 Å². The lowest BCUT2D eigenvalue weighted by atomic mass is 10.2. The molecule has 3 fully saturated rings. The van der Waals surface area contributed by atoms with E-state index in [9.17, 15) is 4.39 Å². The highest BCUT2D eigenvalue weighted by molar-refractivity contribution is 5.15. The first-order valence-electron chi connectivity index (χ1n) is 12.9. The fourth-order valence-corrected chi connectivity index (χ4v) is 3.79. The van der Waals surface area contributed by atoms with Gasteiger partial charge in [0.1, 0.15) is 5.82 Å².